The molecule has 0 aliphatic carbocycles. The molecule has 0 fully saturated rings. The van der Waals surface area contributed by atoms with Gasteiger partial charge < -0.3 is 5.73 Å². The first-order valence-electron chi connectivity index (χ1n) is 8.11. The van der Waals surface area contributed by atoms with Crippen LogP contribution >= 0.6 is 0 Å². The topological polar surface area (TPSA) is 90.3 Å². The number of nitrogens with zero attached hydrogens (tertiary/aromatic N) is 3. The quantitative estimate of drug-likeness (QED) is 0.691. The van der Waals surface area contributed by atoms with E-state index in [9.17, 15) is 17.2 Å². The number of anilines is 1. The van der Waals surface area contributed by atoms with Gasteiger partial charge in [0, 0.05) is 18.2 Å². The third-order valence-corrected chi connectivity index (χ3v) is 6.25. The number of rotatable bonds is 4. The van der Waals surface area contributed by atoms with Gasteiger partial charge in [0.25, 0.3) is 0 Å². The molecule has 3 rings (SSSR count). The Morgan fingerprint density at radius 3 is 2.52 bits per heavy atom. The minimum absolute atomic E-state index is 0.0254. The van der Waals surface area contributed by atoms with Gasteiger partial charge in [-0.15, -0.1) is 0 Å². The van der Waals surface area contributed by atoms with E-state index in [1.807, 2.05) is 0 Å². The number of nitrogen functional groups attached to an aromatic ring is 1. The van der Waals surface area contributed by atoms with E-state index in [0.717, 1.165) is 22.2 Å². The summed E-state index contributed by atoms with van der Waals surface area (Å²) in [7, 11) is -2.32. The van der Waals surface area contributed by atoms with Gasteiger partial charge in [-0.25, -0.2) is 26.2 Å². The van der Waals surface area contributed by atoms with Gasteiger partial charge in [0.1, 0.15) is 11.6 Å². The van der Waals surface area contributed by atoms with Crippen LogP contribution in [0.5, 0.6) is 0 Å². The Bertz CT molecular complexity index is 1170. The van der Waals surface area contributed by atoms with Crippen molar-refractivity contribution < 1.29 is 17.2 Å². The van der Waals surface area contributed by atoms with E-state index in [1.165, 1.54) is 27.0 Å². The van der Waals surface area contributed by atoms with Crippen molar-refractivity contribution in [2.45, 2.75) is 19.1 Å². The second-order valence-electron chi connectivity index (χ2n) is 6.23. The van der Waals surface area contributed by atoms with Gasteiger partial charge >= 0.3 is 0 Å². The third kappa shape index (κ3) is 3.18. The number of halogens is 2. The van der Waals surface area contributed by atoms with Crippen molar-refractivity contribution in [2.75, 3.05) is 12.8 Å². The Morgan fingerprint density at radius 1 is 1.19 bits per heavy atom. The molecule has 0 radical (unpaired) electrons. The predicted molar refractivity (Wildman–Crippen MR) is 102 cm³/mol. The third-order valence-electron chi connectivity index (χ3n) is 4.17. The van der Waals surface area contributed by atoms with E-state index in [0.29, 0.717) is 11.1 Å². The van der Waals surface area contributed by atoms with Gasteiger partial charge in [0.2, 0.25) is 16.0 Å². The molecule has 0 spiro atoms. The molecule has 0 amide bonds. The summed E-state index contributed by atoms with van der Waals surface area (Å²) in [5, 5.41) is -0.721. The lowest BCUT2D eigenvalue weighted by Gasteiger charge is -2.12. The van der Waals surface area contributed by atoms with E-state index in [1.54, 1.807) is 12.1 Å². The second kappa shape index (κ2) is 6.73. The van der Waals surface area contributed by atoms with Gasteiger partial charge in [0.15, 0.2) is 0 Å². The standard InChI is InChI=1S/C18H18F2N4O2S/c1-10(2)27(25,26)24-16-8-11(4-7-15(16)23-18(24)21)17(22-3)13-9-12(19)5-6-14(13)20/h4-10H,1-3H3,(H2,21,23). The van der Waals surface area contributed by atoms with Crippen molar-refractivity contribution in [1.29, 1.82) is 0 Å². The highest BCUT2D eigenvalue weighted by Crippen LogP contribution is 2.25. The number of aromatic nitrogens is 2. The largest absolute Gasteiger partial charge is 0.368 e. The maximum Gasteiger partial charge on any atom is 0.244 e. The maximum atomic E-state index is 14.2. The van der Waals surface area contributed by atoms with Crippen LogP contribution in [0.1, 0.15) is 25.0 Å². The Morgan fingerprint density at radius 2 is 1.89 bits per heavy atom. The molecule has 2 N–H and O–H groups in total. The van der Waals surface area contributed by atoms with Crippen molar-refractivity contribution in [3.63, 3.8) is 0 Å². The molecule has 0 saturated carbocycles. The maximum absolute atomic E-state index is 14.2. The summed E-state index contributed by atoms with van der Waals surface area (Å²) < 4.78 is 54.1. The number of benzene rings is 2. The summed E-state index contributed by atoms with van der Waals surface area (Å²) in [5.74, 6) is -1.41. The van der Waals surface area contributed by atoms with Crippen molar-refractivity contribution in [1.82, 2.24) is 8.96 Å². The Hall–Kier alpha value is -2.81. The summed E-state index contributed by atoms with van der Waals surface area (Å²) in [6.45, 7) is 3.07. The molecule has 0 unspecified atom stereocenters. The van der Waals surface area contributed by atoms with Crippen LogP contribution < -0.4 is 5.73 Å². The zero-order valence-electron chi connectivity index (χ0n) is 14.9. The lowest BCUT2D eigenvalue weighted by atomic mass is 10.0. The fourth-order valence-electron chi connectivity index (χ4n) is 2.78. The van der Waals surface area contributed by atoms with Crippen molar-refractivity contribution in [3.05, 3.63) is 59.2 Å². The molecule has 0 aliphatic heterocycles. The molecule has 0 bridgehead atoms. The van der Waals surface area contributed by atoms with Crippen LogP contribution in [-0.4, -0.2) is 35.4 Å². The highest BCUT2D eigenvalue weighted by atomic mass is 32.2. The van der Waals surface area contributed by atoms with Crippen LogP contribution in [0.4, 0.5) is 14.7 Å². The average Bonchev–Trinajstić information content (AvgIpc) is 2.94. The second-order valence-corrected chi connectivity index (χ2v) is 8.57. The first-order valence-corrected chi connectivity index (χ1v) is 9.62. The summed E-state index contributed by atoms with van der Waals surface area (Å²) in [5.41, 5.74) is 7.01. The highest BCUT2D eigenvalue weighted by molar-refractivity contribution is 7.90. The average molecular weight is 392 g/mol. The Kier molecular flexibility index (Phi) is 4.73. The molecule has 1 heterocycles. The van der Waals surface area contributed by atoms with Gasteiger partial charge in [0.05, 0.1) is 22.0 Å². The van der Waals surface area contributed by atoms with E-state index >= 15 is 0 Å². The van der Waals surface area contributed by atoms with Crippen LogP contribution in [-0.2, 0) is 10.0 Å². The minimum atomic E-state index is -3.76. The molecule has 6 nitrogen and oxygen atoms in total. The Balaban J connectivity index is 2.26. The SMILES string of the molecule is CN=C(c1ccc2nc(N)n(S(=O)(=O)C(C)C)c2c1)c1cc(F)ccc1F. The molecular weight excluding hydrogens is 374 g/mol. The first-order chi connectivity index (χ1) is 12.7. The predicted octanol–water partition coefficient (Wildman–Crippen LogP) is 2.95. The molecule has 3 aromatic rings. The van der Waals surface area contributed by atoms with E-state index in [2.05, 4.69) is 9.98 Å². The molecule has 0 saturated heterocycles. The molecule has 2 aromatic carbocycles. The zero-order chi connectivity index (χ0) is 19.9. The Labute approximate surface area is 155 Å². The number of hydrogen-bond acceptors (Lipinski definition) is 5. The molecule has 0 atom stereocenters. The van der Waals surface area contributed by atoms with E-state index < -0.39 is 26.9 Å². The molecular formula is C18H18F2N4O2S. The van der Waals surface area contributed by atoms with Crippen LogP contribution in [0.15, 0.2) is 41.4 Å². The van der Waals surface area contributed by atoms with Gasteiger partial charge in [-0.2, -0.15) is 0 Å². The first kappa shape index (κ1) is 19.0. The highest BCUT2D eigenvalue weighted by Gasteiger charge is 2.25. The monoisotopic (exact) mass is 392 g/mol. The van der Waals surface area contributed by atoms with Crippen LogP contribution in [0.2, 0.25) is 0 Å². The normalized spacial score (nSPS) is 12.9. The lowest BCUT2D eigenvalue weighted by molar-refractivity contribution is 0.580. The van der Waals surface area contributed by atoms with Crippen LogP contribution in [0.3, 0.4) is 0 Å². The number of imidazole rings is 1. The minimum Gasteiger partial charge on any atom is -0.368 e. The van der Waals surface area contributed by atoms with Crippen LogP contribution in [0, 0.1) is 11.6 Å². The van der Waals surface area contributed by atoms with Crippen molar-refractivity contribution in [3.8, 4) is 0 Å². The van der Waals surface area contributed by atoms with Gasteiger partial charge in [-0.3, -0.25) is 4.99 Å². The number of nitrogens with two attached hydrogens (primary N) is 1. The fourth-order valence-corrected chi connectivity index (χ4v) is 3.93. The van der Waals surface area contributed by atoms with Crippen molar-refractivity contribution in [2.24, 2.45) is 4.99 Å². The summed E-state index contributed by atoms with van der Waals surface area (Å²) in [6, 6.07) is 7.74. The molecule has 27 heavy (non-hydrogen) atoms. The van der Waals surface area contributed by atoms with E-state index in [4.69, 9.17) is 5.73 Å². The molecule has 9 heteroatoms. The van der Waals surface area contributed by atoms with E-state index in [-0.39, 0.29) is 22.7 Å². The van der Waals surface area contributed by atoms with Crippen LogP contribution in [0.25, 0.3) is 11.0 Å². The molecule has 1 aromatic heterocycles. The van der Waals surface area contributed by atoms with Gasteiger partial charge in [-0.1, -0.05) is 6.07 Å². The molecule has 142 valence electrons. The zero-order valence-corrected chi connectivity index (χ0v) is 15.8. The number of hydrogen-bond donors (Lipinski definition) is 1. The smallest absolute Gasteiger partial charge is 0.244 e. The number of fused-ring (bicyclic) bond motifs is 1. The number of aliphatic imine (C=N–C) groups is 1. The summed E-state index contributed by atoms with van der Waals surface area (Å²) in [4.78, 5) is 8.15. The lowest BCUT2D eigenvalue weighted by Crippen LogP contribution is -2.23. The van der Waals surface area contributed by atoms with Crippen molar-refractivity contribution >= 4 is 32.7 Å². The fraction of sp³-hybridized carbons (Fsp3) is 0.222. The molecule has 0 aliphatic rings. The summed E-state index contributed by atoms with van der Waals surface area (Å²) in [6.07, 6.45) is 0. The van der Waals surface area contributed by atoms with Gasteiger partial charge in [-0.05, 0) is 44.2 Å². The summed E-state index contributed by atoms with van der Waals surface area (Å²) >= 11 is 0.